The van der Waals surface area contributed by atoms with Crippen molar-refractivity contribution in [1.82, 2.24) is 0 Å². The summed E-state index contributed by atoms with van der Waals surface area (Å²) in [4.78, 5) is 12.5. The van der Waals surface area contributed by atoms with Crippen molar-refractivity contribution in [2.75, 3.05) is 16.6 Å². The average Bonchev–Trinajstić information content (AvgIpc) is 2.84. The van der Waals surface area contributed by atoms with Crippen LogP contribution in [0.15, 0.2) is 95.9 Å². The fraction of sp³-hybridized carbons (Fsp3) is 0.0385. The van der Waals surface area contributed by atoms with Gasteiger partial charge in [0.2, 0.25) is 0 Å². The van der Waals surface area contributed by atoms with Crippen LogP contribution in [0.25, 0.3) is 0 Å². The number of carbonyl (C=O) groups is 1. The minimum Gasteiger partial charge on any atom is -0.484 e. The van der Waals surface area contributed by atoms with Crippen LogP contribution < -0.4 is 19.5 Å². The highest BCUT2D eigenvalue weighted by Gasteiger charge is 2.16. The van der Waals surface area contributed by atoms with Crippen LogP contribution in [-0.4, -0.2) is 20.9 Å². The fourth-order valence-electron chi connectivity index (χ4n) is 3.18. The van der Waals surface area contributed by atoms with Gasteiger partial charge in [-0.2, -0.15) is 0 Å². The Morgan fingerprint density at radius 2 is 1.43 bits per heavy atom. The van der Waals surface area contributed by atoms with Crippen molar-refractivity contribution < 1.29 is 22.7 Å². The van der Waals surface area contributed by atoms with Crippen LogP contribution in [0.4, 0.5) is 11.4 Å². The molecule has 0 aliphatic heterocycles. The van der Waals surface area contributed by atoms with Gasteiger partial charge in [0.1, 0.15) is 11.5 Å². The van der Waals surface area contributed by atoms with Crippen molar-refractivity contribution in [2.24, 2.45) is 0 Å². The maximum absolute atomic E-state index is 12.7. The van der Waals surface area contributed by atoms with Crippen molar-refractivity contribution >= 4 is 62.1 Å². The minimum atomic E-state index is -3.90. The van der Waals surface area contributed by atoms with Gasteiger partial charge in [-0.15, -0.1) is 0 Å². The summed E-state index contributed by atoms with van der Waals surface area (Å²) in [7, 11) is -3.90. The van der Waals surface area contributed by atoms with E-state index in [2.05, 4.69) is 10.0 Å². The predicted molar refractivity (Wildman–Crippen MR) is 146 cm³/mol. The summed E-state index contributed by atoms with van der Waals surface area (Å²) >= 11 is 17.9. The maximum Gasteiger partial charge on any atom is 0.262 e. The van der Waals surface area contributed by atoms with Crippen LogP contribution in [0.1, 0.15) is 0 Å². The van der Waals surface area contributed by atoms with Crippen LogP contribution in [0.5, 0.6) is 17.2 Å². The van der Waals surface area contributed by atoms with E-state index in [1.807, 2.05) is 18.2 Å². The molecule has 37 heavy (non-hydrogen) atoms. The summed E-state index contributed by atoms with van der Waals surface area (Å²) in [5.74, 6) is 0.842. The molecule has 1 amide bonds. The fourth-order valence-corrected chi connectivity index (χ4v) is 4.92. The number of nitrogens with one attached hydrogen (secondary N) is 2. The Balaban J connectivity index is 1.37. The Kier molecular flexibility index (Phi) is 8.45. The number of para-hydroxylation sites is 1. The molecule has 4 aromatic carbocycles. The van der Waals surface area contributed by atoms with Crippen LogP contribution in [-0.2, 0) is 14.8 Å². The Labute approximate surface area is 228 Å². The van der Waals surface area contributed by atoms with E-state index in [0.29, 0.717) is 38.0 Å². The summed E-state index contributed by atoms with van der Waals surface area (Å²) in [6.07, 6.45) is 0. The summed E-state index contributed by atoms with van der Waals surface area (Å²) in [5, 5.41) is 3.72. The molecule has 11 heteroatoms. The van der Waals surface area contributed by atoms with E-state index in [0.717, 1.165) is 0 Å². The van der Waals surface area contributed by atoms with E-state index in [9.17, 15) is 13.2 Å². The first-order valence-corrected chi connectivity index (χ1v) is 13.3. The number of ether oxygens (including phenoxy) is 2. The lowest BCUT2D eigenvalue weighted by atomic mass is 10.2. The van der Waals surface area contributed by atoms with Crippen molar-refractivity contribution in [2.45, 2.75) is 4.90 Å². The van der Waals surface area contributed by atoms with E-state index in [1.54, 1.807) is 30.3 Å². The van der Waals surface area contributed by atoms with Crippen molar-refractivity contribution in [3.8, 4) is 17.2 Å². The van der Waals surface area contributed by atoms with Crippen LogP contribution >= 0.6 is 34.8 Å². The highest BCUT2D eigenvalue weighted by atomic mass is 35.5. The number of anilines is 2. The number of rotatable bonds is 9. The molecule has 0 spiro atoms. The van der Waals surface area contributed by atoms with Crippen molar-refractivity contribution in [3.05, 3.63) is 106 Å². The van der Waals surface area contributed by atoms with E-state index in [4.69, 9.17) is 44.3 Å². The third kappa shape index (κ3) is 7.53. The van der Waals surface area contributed by atoms with Gasteiger partial charge in [-0.3, -0.25) is 9.52 Å². The molecule has 0 saturated heterocycles. The lowest BCUT2D eigenvalue weighted by Gasteiger charge is -2.13. The van der Waals surface area contributed by atoms with Gasteiger partial charge in [0.15, 0.2) is 12.4 Å². The first-order chi connectivity index (χ1) is 17.7. The quantitative estimate of drug-likeness (QED) is 0.218. The van der Waals surface area contributed by atoms with E-state index >= 15 is 0 Å². The Bertz CT molecular complexity index is 1500. The van der Waals surface area contributed by atoms with E-state index in [-0.39, 0.29) is 17.2 Å². The highest BCUT2D eigenvalue weighted by Crippen LogP contribution is 2.32. The molecule has 0 fully saturated rings. The summed E-state index contributed by atoms with van der Waals surface area (Å²) in [6, 6.07) is 23.9. The first-order valence-electron chi connectivity index (χ1n) is 10.7. The number of benzene rings is 4. The van der Waals surface area contributed by atoms with Crippen molar-refractivity contribution in [3.63, 3.8) is 0 Å². The number of amides is 1. The molecule has 0 aliphatic carbocycles. The lowest BCUT2D eigenvalue weighted by Crippen LogP contribution is -2.20. The third-order valence-corrected chi connectivity index (χ3v) is 6.87. The van der Waals surface area contributed by atoms with Gasteiger partial charge in [0, 0.05) is 15.1 Å². The molecule has 190 valence electrons. The molecule has 0 heterocycles. The second kappa shape index (κ2) is 11.7. The number of carbonyl (C=O) groups excluding carboxylic acids is 1. The van der Waals surface area contributed by atoms with Gasteiger partial charge in [-0.1, -0.05) is 53.0 Å². The molecular weight excluding hydrogens is 559 g/mol. The SMILES string of the molecule is O=C(COc1ccc(S(=O)(=O)Nc2cc(Cl)cc(Cl)c2)cc1)Nc1cc(Cl)ccc1Oc1ccccc1. The average molecular weight is 578 g/mol. The number of halogens is 3. The zero-order valence-electron chi connectivity index (χ0n) is 19.0. The smallest absolute Gasteiger partial charge is 0.262 e. The van der Waals surface area contributed by atoms with Gasteiger partial charge in [-0.25, -0.2) is 8.42 Å². The van der Waals surface area contributed by atoms with Gasteiger partial charge in [0.05, 0.1) is 16.3 Å². The molecule has 4 aromatic rings. The normalized spacial score (nSPS) is 11.0. The Morgan fingerprint density at radius 1 is 0.757 bits per heavy atom. The second-order valence-corrected chi connectivity index (χ2v) is 10.6. The number of hydrogen-bond donors (Lipinski definition) is 2. The predicted octanol–water partition coefficient (Wildman–Crippen LogP) is 7.26. The summed E-state index contributed by atoms with van der Waals surface area (Å²) < 4.78 is 39.1. The Hall–Kier alpha value is -3.43. The molecule has 7 nitrogen and oxygen atoms in total. The summed E-state index contributed by atoms with van der Waals surface area (Å²) in [6.45, 7) is -0.331. The topological polar surface area (TPSA) is 93.7 Å². The summed E-state index contributed by atoms with van der Waals surface area (Å²) in [5.41, 5.74) is 0.602. The molecule has 0 atom stereocenters. The van der Waals surface area contributed by atoms with Gasteiger partial charge in [-0.05, 0) is 72.8 Å². The van der Waals surface area contributed by atoms with Gasteiger partial charge in [0.25, 0.3) is 15.9 Å². The van der Waals surface area contributed by atoms with E-state index in [1.165, 1.54) is 42.5 Å². The molecule has 0 radical (unpaired) electrons. The standard InChI is InChI=1S/C26H19Cl3N2O5S/c27-17-6-11-25(36-22-4-2-1-3-5-22)24(15-17)30-26(32)16-35-21-7-9-23(10-8-21)37(33,34)31-20-13-18(28)12-19(29)14-20/h1-15,31H,16H2,(H,30,32). The second-order valence-electron chi connectivity index (χ2n) is 7.63. The van der Waals surface area contributed by atoms with Crippen LogP contribution in [0.3, 0.4) is 0 Å². The first kappa shape index (κ1) is 26.6. The number of hydrogen-bond acceptors (Lipinski definition) is 5. The zero-order chi connectivity index (χ0) is 26.4. The molecule has 2 N–H and O–H groups in total. The monoisotopic (exact) mass is 576 g/mol. The molecular formula is C26H19Cl3N2O5S. The third-order valence-electron chi connectivity index (χ3n) is 4.81. The number of sulfonamides is 1. The zero-order valence-corrected chi connectivity index (χ0v) is 22.0. The Morgan fingerprint density at radius 3 is 2.11 bits per heavy atom. The molecule has 4 rings (SSSR count). The largest absolute Gasteiger partial charge is 0.484 e. The van der Waals surface area contributed by atoms with E-state index < -0.39 is 15.9 Å². The molecule has 0 aromatic heterocycles. The molecule has 0 saturated carbocycles. The van der Waals surface area contributed by atoms with Crippen LogP contribution in [0.2, 0.25) is 15.1 Å². The van der Waals surface area contributed by atoms with Crippen molar-refractivity contribution in [1.29, 1.82) is 0 Å². The van der Waals surface area contributed by atoms with Gasteiger partial charge >= 0.3 is 0 Å². The highest BCUT2D eigenvalue weighted by molar-refractivity contribution is 7.92. The minimum absolute atomic E-state index is 0.0120. The van der Waals surface area contributed by atoms with Crippen LogP contribution in [0, 0.1) is 0 Å². The molecule has 0 bridgehead atoms. The molecule has 0 aliphatic rings. The maximum atomic E-state index is 12.7. The van der Waals surface area contributed by atoms with Gasteiger partial charge < -0.3 is 14.8 Å². The molecule has 0 unspecified atom stereocenters. The lowest BCUT2D eigenvalue weighted by molar-refractivity contribution is -0.118.